The van der Waals surface area contributed by atoms with Crippen LogP contribution in [0.1, 0.15) is 25.6 Å². The number of nitro groups is 1. The molecule has 1 saturated heterocycles. The summed E-state index contributed by atoms with van der Waals surface area (Å²) in [5.41, 5.74) is 4.48. The Morgan fingerprint density at radius 1 is 1.16 bits per heavy atom. The van der Waals surface area contributed by atoms with Gasteiger partial charge in [0.15, 0.2) is 24.1 Å². The molecule has 4 heterocycles. The van der Waals surface area contributed by atoms with Crippen LogP contribution < -0.4 is 84.3 Å². The van der Waals surface area contributed by atoms with Crippen molar-refractivity contribution in [1.29, 1.82) is 0 Å². The molecule has 0 spiro atoms. The fourth-order valence-electron chi connectivity index (χ4n) is 5.01. The molecule has 26 heteroatoms. The first-order valence-corrected chi connectivity index (χ1v) is 16.9. The number of phosphoric acid groups is 1. The van der Waals surface area contributed by atoms with E-state index in [1.807, 2.05) is 0 Å². The average molecular weight is 772 g/mol. The average Bonchev–Trinajstić information content (AvgIpc) is 3.74. The summed E-state index contributed by atoms with van der Waals surface area (Å²) in [5, 5.41) is 23.6. The van der Waals surface area contributed by atoms with Gasteiger partial charge in [-0.1, -0.05) is 4.98 Å². The van der Waals surface area contributed by atoms with Crippen molar-refractivity contribution in [2.45, 2.75) is 44.0 Å². The molecule has 1 aliphatic rings. The normalized spacial score (nSPS) is 21.1. The van der Waals surface area contributed by atoms with Crippen molar-refractivity contribution >= 4 is 44.5 Å². The molecule has 1 aromatic carbocycles. The summed E-state index contributed by atoms with van der Waals surface area (Å²) >= 11 is 0. The number of aryl methyl sites for hydroxylation is 1. The number of fused-ring (bicyclic) bond motifs is 1. The molecule has 264 valence electrons. The second-order valence-corrected chi connectivity index (χ2v) is 14.1. The molecule has 0 aliphatic carbocycles. The summed E-state index contributed by atoms with van der Waals surface area (Å²) in [6.07, 6.45) is -2.71. The number of anilines is 1. The van der Waals surface area contributed by atoms with E-state index >= 15 is 0 Å². The number of methoxy groups -OCH3 is 1. The Morgan fingerprint density at radius 2 is 1.82 bits per heavy atom. The van der Waals surface area contributed by atoms with Gasteiger partial charge in [0, 0.05) is 37.5 Å². The maximum atomic E-state index is 13.2. The summed E-state index contributed by atoms with van der Waals surface area (Å²) in [6.45, 7) is 2.00. The van der Waals surface area contributed by atoms with Crippen LogP contribution in [0.15, 0.2) is 49.3 Å². The van der Waals surface area contributed by atoms with Crippen LogP contribution in [-0.4, -0.2) is 67.0 Å². The summed E-state index contributed by atoms with van der Waals surface area (Å²) in [5.74, 6) is -1.08. The summed E-state index contributed by atoms with van der Waals surface area (Å²) in [6, 6.07) is 5.21. The summed E-state index contributed by atoms with van der Waals surface area (Å²) < 4.78 is 60.0. The molecule has 0 amide bonds. The molecule has 3 unspecified atom stereocenters. The number of non-ortho nitro benzene ring substituents is 1. The predicted molar refractivity (Wildman–Crippen MR) is 155 cm³/mol. The minimum atomic E-state index is -5.63. The number of hydrogen-bond acceptors (Lipinski definition) is 18. The number of rotatable bonds is 12. The number of aromatic nitrogens is 6. The van der Waals surface area contributed by atoms with Crippen molar-refractivity contribution in [2.75, 3.05) is 19.5 Å². The number of ether oxygens (including phenoxy) is 4. The van der Waals surface area contributed by atoms with Crippen LogP contribution in [0, 0.1) is 10.1 Å². The molecule has 6 atom stereocenters. The Balaban J connectivity index is 0.00000351. The number of benzene rings is 1. The molecule has 1 aliphatic heterocycles. The van der Waals surface area contributed by atoms with Gasteiger partial charge in [-0.05, 0) is 31.5 Å². The maximum absolute atomic E-state index is 13.2. The number of imidazole rings is 2. The minimum Gasteiger partial charge on any atom is -0.856 e. The van der Waals surface area contributed by atoms with Crippen molar-refractivity contribution in [3.05, 3.63) is 65.0 Å². The molecule has 0 bridgehead atoms. The third-order valence-corrected chi connectivity index (χ3v) is 10.2. The van der Waals surface area contributed by atoms with Gasteiger partial charge in [-0.2, -0.15) is 0 Å². The van der Waals surface area contributed by atoms with Crippen LogP contribution in [0.2, 0.25) is 0 Å². The largest absolute Gasteiger partial charge is 1.00 e. The van der Waals surface area contributed by atoms with Gasteiger partial charge in [-0.3, -0.25) is 32.5 Å². The number of nitrogens with zero attached hydrogens (tertiary/aromatic N) is 7. The molecular formula is C25H28N8Na2O14P2. The zero-order valence-corrected chi connectivity index (χ0v) is 33.7. The standard InChI is InChI=1S/C25H30N8O14P2.2Na/c1-25(2,14-5-7-15(8-6-14)33(36)37)46-24(35)45-18-16(11-43-49(40,41)47-48(38,39)31-10-9-27-12-31)44-22(19(18)42-4)32-13-30(3)17-20(32)28-23(26)29-21(17)34;;/h5-10,12-13,16,18-19,22H,11H2,1-4H3,(H4-,26,28,29,34,38,39,40,41);;/q;2*+1/p-2/t16-,18+,19?,22-;;/m1../s1. The summed E-state index contributed by atoms with van der Waals surface area (Å²) in [7, 11) is -8.15. The van der Waals surface area contributed by atoms with E-state index in [-0.39, 0.29) is 81.9 Å². The monoisotopic (exact) mass is 772 g/mol. The van der Waals surface area contributed by atoms with Gasteiger partial charge in [0.2, 0.25) is 14.0 Å². The van der Waals surface area contributed by atoms with Gasteiger partial charge < -0.3 is 44.1 Å². The topological polar surface area (TPSA) is 297 Å². The van der Waals surface area contributed by atoms with Gasteiger partial charge in [-0.15, -0.1) is 0 Å². The molecule has 0 radical (unpaired) electrons. The number of nitro benzene ring substituents is 1. The summed E-state index contributed by atoms with van der Waals surface area (Å²) in [4.78, 5) is 60.0. The number of hydrogen-bond donors (Lipinski definition) is 1. The zero-order valence-electron chi connectivity index (χ0n) is 28.0. The number of carbonyl (C=O) groups excluding carboxylic acids is 1. The van der Waals surface area contributed by atoms with Crippen molar-refractivity contribution in [3.63, 3.8) is 0 Å². The first kappa shape index (κ1) is 42.9. The van der Waals surface area contributed by atoms with Crippen molar-refractivity contribution in [2.24, 2.45) is 7.05 Å². The molecule has 0 saturated carbocycles. The zero-order chi connectivity index (χ0) is 35.9. The van der Waals surface area contributed by atoms with Crippen molar-refractivity contribution in [3.8, 4) is 5.88 Å². The molecule has 4 aromatic rings. The van der Waals surface area contributed by atoms with E-state index in [0.717, 1.165) is 18.7 Å². The SMILES string of the molecule is COC1[C@@H](OC(=O)OC(C)(C)c2ccc([N+](=O)[O-])cc2)[C@@H](COP(=O)([O-])OP(=O)([O-])n2ccnc2)O[C@H]1[n+]1cn(C)c2c([O-])nc(N)nc21.[Na+].[Na+]. The predicted octanol–water partition coefficient (Wildman–Crippen LogP) is -6.09. The van der Waals surface area contributed by atoms with Crippen LogP contribution in [0.4, 0.5) is 16.4 Å². The smallest absolute Gasteiger partial charge is 0.856 e. The molecule has 22 nitrogen and oxygen atoms in total. The second-order valence-electron chi connectivity index (χ2n) is 10.9. The van der Waals surface area contributed by atoms with Crippen molar-refractivity contribution in [1.82, 2.24) is 23.9 Å². The van der Waals surface area contributed by atoms with E-state index in [1.54, 1.807) is 0 Å². The van der Waals surface area contributed by atoms with E-state index in [1.165, 1.54) is 67.7 Å². The van der Waals surface area contributed by atoms with Crippen LogP contribution in [0.3, 0.4) is 0 Å². The Morgan fingerprint density at radius 3 is 2.41 bits per heavy atom. The van der Waals surface area contributed by atoms with Gasteiger partial charge in [0.25, 0.3) is 19.5 Å². The van der Waals surface area contributed by atoms with Crippen molar-refractivity contribution < 1.29 is 125 Å². The molecule has 2 N–H and O–H groups in total. The number of nitrogen functional groups attached to an aromatic ring is 1. The van der Waals surface area contributed by atoms with Crippen LogP contribution in [0.25, 0.3) is 11.2 Å². The third kappa shape index (κ3) is 9.53. The van der Waals surface area contributed by atoms with Crippen LogP contribution in [-0.2, 0) is 49.6 Å². The number of nitrogens with two attached hydrogens (primary N) is 1. The minimum absolute atomic E-state index is 0. The van der Waals surface area contributed by atoms with E-state index in [4.69, 9.17) is 29.2 Å². The first-order chi connectivity index (χ1) is 22.9. The Hall–Kier alpha value is -2.53. The first-order valence-electron chi connectivity index (χ1n) is 13.9. The van der Waals surface area contributed by atoms with E-state index in [2.05, 4.69) is 19.3 Å². The fourth-order valence-corrected chi connectivity index (χ4v) is 7.29. The van der Waals surface area contributed by atoms with Gasteiger partial charge >= 0.3 is 70.9 Å². The van der Waals surface area contributed by atoms with Crippen LogP contribution >= 0.6 is 15.6 Å². The Bertz CT molecular complexity index is 1970. The van der Waals surface area contributed by atoms with E-state index < -0.39 is 69.3 Å². The van der Waals surface area contributed by atoms with E-state index in [0.29, 0.717) is 9.90 Å². The molecule has 1 fully saturated rings. The molecule has 51 heavy (non-hydrogen) atoms. The Kier molecular flexibility index (Phi) is 14.0. The molecule has 5 rings (SSSR count). The van der Waals surface area contributed by atoms with Crippen LogP contribution in [0.5, 0.6) is 5.88 Å². The fraction of sp³-hybridized carbons (Fsp3) is 0.400. The van der Waals surface area contributed by atoms with Gasteiger partial charge in [-0.25, -0.2) is 19.3 Å². The third-order valence-electron chi connectivity index (χ3n) is 7.30. The molecular weight excluding hydrogens is 744 g/mol. The number of phosphoric ester groups is 1. The molecule has 3 aromatic heterocycles. The maximum Gasteiger partial charge on any atom is 1.00 e. The Labute approximate surface area is 332 Å². The van der Waals surface area contributed by atoms with Gasteiger partial charge in [0.05, 0.1) is 18.6 Å². The van der Waals surface area contributed by atoms with E-state index in [9.17, 15) is 38.9 Å². The number of carbonyl (C=O) groups is 1. The van der Waals surface area contributed by atoms with Gasteiger partial charge in [0.1, 0.15) is 18.0 Å². The quantitative estimate of drug-likeness (QED) is 0.0350. The second kappa shape index (κ2) is 16.6.